The predicted octanol–water partition coefficient (Wildman–Crippen LogP) is 3.02. The van der Waals surface area contributed by atoms with Crippen molar-refractivity contribution >= 4 is 24.0 Å². The summed E-state index contributed by atoms with van der Waals surface area (Å²) in [6.07, 6.45) is 4.61. The number of anilines is 1. The molecule has 0 bridgehead atoms. The topological polar surface area (TPSA) is 96.1 Å². The fourth-order valence-electron chi connectivity index (χ4n) is 3.29. The Hall–Kier alpha value is -3.70. The number of rotatable bonds is 5. The second kappa shape index (κ2) is 9.87. The van der Waals surface area contributed by atoms with Crippen molar-refractivity contribution in [2.45, 2.75) is 13.8 Å². The number of hydrogen-bond donors (Lipinski definition) is 1. The number of aromatic nitrogens is 1. The SMILES string of the molecule is C/C=N\N(/C(O)=C/c1ccc(C#N)cc1C)c1ccc(C(=O)N2CCN(C)CC2)cn1. The molecule has 1 saturated heterocycles. The number of pyridine rings is 1. The molecule has 2 heterocycles. The molecule has 1 aromatic heterocycles. The maximum Gasteiger partial charge on any atom is 0.255 e. The fourth-order valence-corrected chi connectivity index (χ4v) is 3.29. The van der Waals surface area contributed by atoms with Gasteiger partial charge in [0, 0.05) is 44.7 Å². The van der Waals surface area contributed by atoms with Crippen molar-refractivity contribution in [1.29, 1.82) is 5.26 Å². The molecule has 0 radical (unpaired) electrons. The Morgan fingerprint density at radius 1 is 1.26 bits per heavy atom. The van der Waals surface area contributed by atoms with Crippen molar-refractivity contribution in [1.82, 2.24) is 14.8 Å². The molecule has 0 spiro atoms. The van der Waals surface area contributed by atoms with Gasteiger partial charge in [0.1, 0.15) is 0 Å². The number of hydrogen-bond acceptors (Lipinski definition) is 7. The van der Waals surface area contributed by atoms with Crippen LogP contribution in [-0.2, 0) is 0 Å². The van der Waals surface area contributed by atoms with E-state index in [2.05, 4.69) is 21.1 Å². The van der Waals surface area contributed by atoms with Crippen LogP contribution in [0.25, 0.3) is 6.08 Å². The molecule has 1 aliphatic heterocycles. The average Bonchev–Trinajstić information content (AvgIpc) is 2.79. The lowest BCUT2D eigenvalue weighted by atomic mass is 10.1. The molecule has 0 saturated carbocycles. The minimum atomic E-state index is -0.128. The molecule has 1 aromatic carbocycles. The van der Waals surface area contributed by atoms with Crippen molar-refractivity contribution in [3.05, 3.63) is 64.7 Å². The lowest BCUT2D eigenvalue weighted by molar-refractivity contribution is 0.0663. The van der Waals surface area contributed by atoms with E-state index in [9.17, 15) is 9.90 Å². The molecular formula is C23H26N6O2. The van der Waals surface area contributed by atoms with Crippen LogP contribution in [0.3, 0.4) is 0 Å². The molecule has 1 amide bonds. The van der Waals surface area contributed by atoms with Crippen LogP contribution in [0, 0.1) is 18.3 Å². The van der Waals surface area contributed by atoms with Crippen LogP contribution in [0.15, 0.2) is 47.5 Å². The van der Waals surface area contributed by atoms with Crippen LogP contribution < -0.4 is 5.01 Å². The maximum absolute atomic E-state index is 12.7. The third kappa shape index (κ3) is 5.27. The van der Waals surface area contributed by atoms with E-state index in [4.69, 9.17) is 5.26 Å². The highest BCUT2D eigenvalue weighted by molar-refractivity contribution is 5.94. The lowest BCUT2D eigenvalue weighted by Gasteiger charge is -2.32. The van der Waals surface area contributed by atoms with Crippen LogP contribution in [0.2, 0.25) is 0 Å². The quantitative estimate of drug-likeness (QED) is 0.456. The Balaban J connectivity index is 1.81. The van der Waals surface area contributed by atoms with Crippen molar-refractivity contribution in [3.63, 3.8) is 0 Å². The first-order valence-corrected chi connectivity index (χ1v) is 10.1. The van der Waals surface area contributed by atoms with Crippen LogP contribution in [0.5, 0.6) is 0 Å². The predicted molar refractivity (Wildman–Crippen MR) is 121 cm³/mol. The van der Waals surface area contributed by atoms with Crippen LogP contribution in [0.1, 0.15) is 34.0 Å². The molecular weight excluding hydrogens is 392 g/mol. The molecule has 0 atom stereocenters. The summed E-state index contributed by atoms with van der Waals surface area (Å²) in [6, 6.07) is 10.7. The average molecular weight is 419 g/mol. The van der Waals surface area contributed by atoms with E-state index in [-0.39, 0.29) is 11.8 Å². The van der Waals surface area contributed by atoms with Crippen LogP contribution in [0.4, 0.5) is 5.82 Å². The van der Waals surface area contributed by atoms with Gasteiger partial charge in [-0.05, 0) is 56.3 Å². The van der Waals surface area contributed by atoms with E-state index < -0.39 is 0 Å². The molecule has 2 aromatic rings. The van der Waals surface area contributed by atoms with Gasteiger partial charge in [0.15, 0.2) is 5.82 Å². The second-order valence-corrected chi connectivity index (χ2v) is 7.37. The van der Waals surface area contributed by atoms with Gasteiger partial charge in [-0.3, -0.25) is 4.79 Å². The fraction of sp³-hybridized carbons (Fsp3) is 0.304. The van der Waals surface area contributed by atoms with Gasteiger partial charge >= 0.3 is 0 Å². The minimum absolute atomic E-state index is 0.0503. The highest BCUT2D eigenvalue weighted by Gasteiger charge is 2.21. The first kappa shape index (κ1) is 22.0. The Morgan fingerprint density at radius 3 is 2.58 bits per heavy atom. The summed E-state index contributed by atoms with van der Waals surface area (Å²) in [6.45, 7) is 6.68. The molecule has 1 aliphatic rings. The zero-order chi connectivity index (χ0) is 22.4. The molecule has 3 rings (SSSR count). The summed E-state index contributed by atoms with van der Waals surface area (Å²) in [4.78, 5) is 21.1. The number of carbonyl (C=O) groups is 1. The molecule has 8 heteroatoms. The van der Waals surface area contributed by atoms with E-state index in [0.717, 1.165) is 24.2 Å². The molecule has 0 unspecified atom stereocenters. The van der Waals surface area contributed by atoms with Crippen LogP contribution in [-0.4, -0.2) is 65.2 Å². The minimum Gasteiger partial charge on any atom is -0.493 e. The normalized spacial score (nSPS) is 15.2. The standard InChI is InChI=1S/C23H26N6O2/c1-4-26-29(22(30)14-19-6-5-18(15-24)13-17(19)2)21-8-7-20(16-25-21)23(31)28-11-9-27(3)10-12-28/h4-8,13-14,16,30H,9-12H2,1-3H3/b22-14-,26-4-. The molecule has 0 aliphatic carbocycles. The Kier molecular flexibility index (Phi) is 7.00. The van der Waals surface area contributed by atoms with E-state index in [1.165, 1.54) is 11.2 Å². The monoisotopic (exact) mass is 418 g/mol. The number of piperazine rings is 1. The highest BCUT2D eigenvalue weighted by atomic mass is 16.3. The van der Waals surface area contributed by atoms with E-state index >= 15 is 0 Å². The van der Waals surface area contributed by atoms with Gasteiger partial charge < -0.3 is 14.9 Å². The number of carbonyl (C=O) groups excluding carboxylic acids is 1. The molecule has 31 heavy (non-hydrogen) atoms. The van der Waals surface area contributed by atoms with Gasteiger partial charge in [-0.15, -0.1) is 0 Å². The number of aliphatic hydroxyl groups excluding tert-OH is 1. The third-order valence-electron chi connectivity index (χ3n) is 5.13. The summed E-state index contributed by atoms with van der Waals surface area (Å²) >= 11 is 0. The third-order valence-corrected chi connectivity index (χ3v) is 5.13. The highest BCUT2D eigenvalue weighted by Crippen LogP contribution is 2.21. The number of nitriles is 1. The second-order valence-electron chi connectivity index (χ2n) is 7.37. The van der Waals surface area contributed by atoms with Gasteiger partial charge in [0.2, 0.25) is 5.88 Å². The molecule has 160 valence electrons. The number of likely N-dealkylation sites (N-methyl/N-ethyl adjacent to an activating group) is 1. The molecule has 8 nitrogen and oxygen atoms in total. The van der Waals surface area contributed by atoms with E-state index in [0.29, 0.717) is 30.0 Å². The first-order valence-electron chi connectivity index (χ1n) is 10.1. The number of amides is 1. The van der Waals surface area contributed by atoms with Crippen molar-refractivity contribution < 1.29 is 9.90 Å². The number of benzene rings is 1. The largest absolute Gasteiger partial charge is 0.493 e. The van der Waals surface area contributed by atoms with Crippen molar-refractivity contribution in [2.75, 3.05) is 38.2 Å². The number of hydrazone groups is 1. The van der Waals surface area contributed by atoms with Gasteiger partial charge in [0.25, 0.3) is 5.91 Å². The summed E-state index contributed by atoms with van der Waals surface area (Å²) in [7, 11) is 2.04. The number of nitrogens with zero attached hydrogens (tertiary/aromatic N) is 6. The summed E-state index contributed by atoms with van der Waals surface area (Å²) < 4.78 is 0. The Labute approximate surface area is 182 Å². The van der Waals surface area contributed by atoms with Gasteiger partial charge in [0.05, 0.1) is 17.2 Å². The number of aliphatic hydroxyl groups is 1. The van der Waals surface area contributed by atoms with E-state index in [1.54, 1.807) is 49.5 Å². The zero-order valence-corrected chi connectivity index (χ0v) is 18.0. The maximum atomic E-state index is 12.7. The zero-order valence-electron chi connectivity index (χ0n) is 18.0. The number of aryl methyl sites for hydroxylation is 1. The van der Waals surface area contributed by atoms with Crippen LogP contribution >= 0.6 is 0 Å². The van der Waals surface area contributed by atoms with Gasteiger partial charge in [-0.2, -0.15) is 15.4 Å². The Morgan fingerprint density at radius 2 is 2.00 bits per heavy atom. The summed E-state index contributed by atoms with van der Waals surface area (Å²) in [5.41, 5.74) is 2.67. The molecule has 1 fully saturated rings. The smallest absolute Gasteiger partial charge is 0.255 e. The van der Waals surface area contributed by atoms with Gasteiger partial charge in [-0.25, -0.2) is 4.98 Å². The summed E-state index contributed by atoms with van der Waals surface area (Å²) in [5, 5.41) is 25.2. The summed E-state index contributed by atoms with van der Waals surface area (Å²) in [5.74, 6) is 0.204. The Bertz CT molecular complexity index is 1030. The van der Waals surface area contributed by atoms with Gasteiger partial charge in [-0.1, -0.05) is 6.07 Å². The van der Waals surface area contributed by atoms with Crippen molar-refractivity contribution in [2.24, 2.45) is 5.10 Å². The van der Waals surface area contributed by atoms with Crippen molar-refractivity contribution in [3.8, 4) is 6.07 Å². The first-order chi connectivity index (χ1) is 14.9. The molecule has 1 N–H and O–H groups in total. The lowest BCUT2D eigenvalue weighted by Crippen LogP contribution is -2.47. The van der Waals surface area contributed by atoms with E-state index in [1.807, 2.05) is 18.9 Å².